The van der Waals surface area contributed by atoms with Gasteiger partial charge in [0.15, 0.2) is 15.8 Å². The Balaban J connectivity index is 2.65. The van der Waals surface area contributed by atoms with Gasteiger partial charge in [-0.05, 0) is 64.9 Å². The fraction of sp³-hybridized carbons (Fsp3) is 0.682. The van der Waals surface area contributed by atoms with Gasteiger partial charge in [0.25, 0.3) is 0 Å². The van der Waals surface area contributed by atoms with Crippen molar-refractivity contribution in [1.29, 1.82) is 0 Å². The molecule has 0 aromatic heterocycles. The first kappa shape index (κ1) is 25.4. The molecule has 0 spiro atoms. The molecule has 0 saturated heterocycles. The van der Waals surface area contributed by atoms with E-state index < -0.39 is 9.84 Å². The quantitative estimate of drug-likeness (QED) is 0.375. The molecule has 0 bridgehead atoms. The maximum atomic E-state index is 12.7. The summed E-state index contributed by atoms with van der Waals surface area (Å²) in [4.78, 5) is 7.31. The topological polar surface area (TPSA) is 73.8 Å². The molecule has 0 saturated carbocycles. The van der Waals surface area contributed by atoms with E-state index in [2.05, 4.69) is 41.3 Å². The minimum atomic E-state index is -3.34. The second-order valence-corrected chi connectivity index (χ2v) is 9.42. The summed E-state index contributed by atoms with van der Waals surface area (Å²) in [5.41, 5.74) is 0. The first-order valence-corrected chi connectivity index (χ1v) is 12.6. The summed E-state index contributed by atoms with van der Waals surface area (Å²) < 4.78 is 25.4. The van der Waals surface area contributed by atoms with Gasteiger partial charge in [-0.2, -0.15) is 0 Å². The molecule has 0 aliphatic rings. The number of hydrogen-bond acceptors (Lipinski definition) is 4. The molecule has 2 N–H and O–H groups in total. The van der Waals surface area contributed by atoms with E-state index in [0.29, 0.717) is 23.8 Å². The summed E-state index contributed by atoms with van der Waals surface area (Å²) in [6, 6.07) is 8.72. The zero-order valence-electron chi connectivity index (χ0n) is 18.8. The van der Waals surface area contributed by atoms with Gasteiger partial charge >= 0.3 is 0 Å². The second kappa shape index (κ2) is 13.6. The fourth-order valence-corrected chi connectivity index (χ4v) is 4.81. The summed E-state index contributed by atoms with van der Waals surface area (Å²) in [5, 5.41) is 6.78. The van der Waals surface area contributed by atoms with Crippen LogP contribution >= 0.6 is 0 Å². The van der Waals surface area contributed by atoms with Gasteiger partial charge in [0.1, 0.15) is 0 Å². The SMILES string of the molecule is CCN=C(NC(C)CCCN(CC)CC)NC(CC)CS(=O)(=O)c1ccccc1. The number of guanidine groups is 1. The fourth-order valence-electron chi connectivity index (χ4n) is 3.20. The standard InChI is InChI=1S/C22H40N4O2S/c1-6-20(18-29(27,28)21-15-11-10-12-16-21)25-22(23-7-2)24-19(5)14-13-17-26(8-3)9-4/h10-12,15-16,19-20H,6-9,13-14,17-18H2,1-5H3,(H2,23,24,25). The van der Waals surface area contributed by atoms with Crippen LogP contribution in [0.4, 0.5) is 0 Å². The van der Waals surface area contributed by atoms with Crippen LogP contribution in [0.1, 0.15) is 53.9 Å². The molecule has 0 radical (unpaired) electrons. The van der Waals surface area contributed by atoms with Gasteiger partial charge in [-0.15, -0.1) is 0 Å². The van der Waals surface area contributed by atoms with Crippen molar-refractivity contribution >= 4 is 15.8 Å². The lowest BCUT2D eigenvalue weighted by molar-refractivity contribution is 0.292. The molecular weight excluding hydrogens is 384 g/mol. The van der Waals surface area contributed by atoms with E-state index in [1.165, 1.54) is 0 Å². The molecule has 166 valence electrons. The van der Waals surface area contributed by atoms with Crippen LogP contribution in [0.2, 0.25) is 0 Å². The molecule has 0 aliphatic heterocycles. The number of sulfone groups is 1. The highest BCUT2D eigenvalue weighted by Gasteiger charge is 2.21. The number of nitrogens with one attached hydrogen (secondary N) is 2. The van der Waals surface area contributed by atoms with Crippen molar-refractivity contribution in [3.05, 3.63) is 30.3 Å². The average molecular weight is 425 g/mol. The van der Waals surface area contributed by atoms with Crippen molar-refractivity contribution in [2.45, 2.75) is 70.9 Å². The average Bonchev–Trinajstić information content (AvgIpc) is 2.71. The molecule has 1 rings (SSSR count). The highest BCUT2D eigenvalue weighted by Crippen LogP contribution is 2.12. The first-order valence-electron chi connectivity index (χ1n) is 10.9. The number of nitrogens with zero attached hydrogens (tertiary/aromatic N) is 2. The van der Waals surface area contributed by atoms with E-state index in [1.54, 1.807) is 24.3 Å². The largest absolute Gasteiger partial charge is 0.354 e. The van der Waals surface area contributed by atoms with Crippen molar-refractivity contribution < 1.29 is 8.42 Å². The molecule has 6 nitrogen and oxygen atoms in total. The molecule has 2 atom stereocenters. The first-order chi connectivity index (χ1) is 13.9. The Labute approximate surface area is 178 Å². The Bertz CT molecular complexity index is 688. The van der Waals surface area contributed by atoms with Gasteiger partial charge in [-0.1, -0.05) is 39.0 Å². The van der Waals surface area contributed by atoms with Crippen molar-refractivity contribution in [2.75, 3.05) is 31.9 Å². The van der Waals surface area contributed by atoms with Crippen LogP contribution in [0.25, 0.3) is 0 Å². The van der Waals surface area contributed by atoms with Gasteiger partial charge in [0, 0.05) is 18.6 Å². The third-order valence-corrected chi connectivity index (χ3v) is 6.89. The van der Waals surface area contributed by atoms with Crippen molar-refractivity contribution in [2.24, 2.45) is 4.99 Å². The number of benzene rings is 1. The van der Waals surface area contributed by atoms with Gasteiger partial charge < -0.3 is 15.5 Å². The molecule has 0 amide bonds. The number of hydrogen-bond donors (Lipinski definition) is 2. The Morgan fingerprint density at radius 1 is 1.07 bits per heavy atom. The third kappa shape index (κ3) is 9.63. The van der Waals surface area contributed by atoms with Crippen LogP contribution in [-0.4, -0.2) is 63.3 Å². The predicted molar refractivity (Wildman–Crippen MR) is 123 cm³/mol. The lowest BCUT2D eigenvalue weighted by Gasteiger charge is -2.24. The van der Waals surface area contributed by atoms with Crippen molar-refractivity contribution in [3.8, 4) is 0 Å². The molecule has 2 unspecified atom stereocenters. The highest BCUT2D eigenvalue weighted by atomic mass is 32.2. The highest BCUT2D eigenvalue weighted by molar-refractivity contribution is 7.91. The van der Waals surface area contributed by atoms with E-state index in [0.717, 1.165) is 32.5 Å². The predicted octanol–water partition coefficient (Wildman–Crippen LogP) is 3.30. The Morgan fingerprint density at radius 3 is 2.28 bits per heavy atom. The molecular formula is C22H40N4O2S. The van der Waals surface area contributed by atoms with Gasteiger partial charge in [-0.3, -0.25) is 4.99 Å². The zero-order valence-corrected chi connectivity index (χ0v) is 19.6. The van der Waals surface area contributed by atoms with Crippen LogP contribution < -0.4 is 10.6 Å². The summed E-state index contributed by atoms with van der Waals surface area (Å²) >= 11 is 0. The molecule has 1 aromatic carbocycles. The lowest BCUT2D eigenvalue weighted by Crippen LogP contribution is -2.48. The second-order valence-electron chi connectivity index (χ2n) is 7.38. The third-order valence-electron chi connectivity index (χ3n) is 5.06. The van der Waals surface area contributed by atoms with Crippen LogP contribution in [0, 0.1) is 0 Å². The number of rotatable bonds is 13. The Kier molecular flexibility index (Phi) is 11.9. The van der Waals surface area contributed by atoms with Gasteiger partial charge in [0.2, 0.25) is 0 Å². The normalized spacial score (nSPS) is 14.6. The lowest BCUT2D eigenvalue weighted by atomic mass is 10.1. The van der Waals surface area contributed by atoms with Crippen molar-refractivity contribution in [1.82, 2.24) is 15.5 Å². The molecule has 1 aromatic rings. The van der Waals surface area contributed by atoms with Crippen LogP contribution in [0.3, 0.4) is 0 Å². The van der Waals surface area contributed by atoms with E-state index in [1.807, 2.05) is 19.9 Å². The monoisotopic (exact) mass is 424 g/mol. The maximum Gasteiger partial charge on any atom is 0.191 e. The minimum Gasteiger partial charge on any atom is -0.354 e. The summed E-state index contributed by atoms with van der Waals surface area (Å²) in [7, 11) is -3.34. The van der Waals surface area contributed by atoms with E-state index in [-0.39, 0.29) is 17.8 Å². The summed E-state index contributed by atoms with van der Waals surface area (Å²) in [6.45, 7) is 14.4. The van der Waals surface area contributed by atoms with Crippen LogP contribution in [0.15, 0.2) is 40.2 Å². The molecule has 0 aliphatic carbocycles. The van der Waals surface area contributed by atoms with E-state index in [4.69, 9.17) is 0 Å². The van der Waals surface area contributed by atoms with Crippen molar-refractivity contribution in [3.63, 3.8) is 0 Å². The zero-order chi connectivity index (χ0) is 21.7. The van der Waals surface area contributed by atoms with E-state index in [9.17, 15) is 8.42 Å². The minimum absolute atomic E-state index is 0.0499. The summed E-state index contributed by atoms with van der Waals surface area (Å²) in [5.74, 6) is 0.742. The maximum absolute atomic E-state index is 12.7. The molecule has 0 heterocycles. The Morgan fingerprint density at radius 2 is 1.72 bits per heavy atom. The van der Waals surface area contributed by atoms with Gasteiger partial charge in [-0.25, -0.2) is 8.42 Å². The summed E-state index contributed by atoms with van der Waals surface area (Å²) in [6.07, 6.45) is 2.86. The number of aliphatic imine (C=N–C) groups is 1. The van der Waals surface area contributed by atoms with Crippen LogP contribution in [0.5, 0.6) is 0 Å². The smallest absolute Gasteiger partial charge is 0.191 e. The van der Waals surface area contributed by atoms with Gasteiger partial charge in [0.05, 0.1) is 10.6 Å². The van der Waals surface area contributed by atoms with E-state index >= 15 is 0 Å². The van der Waals surface area contributed by atoms with Crippen LogP contribution in [-0.2, 0) is 9.84 Å². The Hall–Kier alpha value is -1.60. The molecule has 29 heavy (non-hydrogen) atoms. The molecule has 7 heteroatoms. The molecule has 0 fully saturated rings.